The van der Waals surface area contributed by atoms with Crippen LogP contribution in [0.2, 0.25) is 0 Å². The third-order valence-corrected chi connectivity index (χ3v) is 5.63. The Balaban J connectivity index is 1.38. The van der Waals surface area contributed by atoms with Crippen LogP contribution in [0.1, 0.15) is 42.9 Å². The average molecular weight is 367 g/mol. The number of piperidine rings is 1. The molecule has 5 heteroatoms. The van der Waals surface area contributed by atoms with Crippen molar-refractivity contribution in [1.29, 1.82) is 0 Å². The van der Waals surface area contributed by atoms with Gasteiger partial charge in [0.05, 0.1) is 6.04 Å². The highest BCUT2D eigenvalue weighted by Gasteiger charge is 2.21. The highest BCUT2D eigenvalue weighted by molar-refractivity contribution is 5.74. The number of hydrogen-bond acceptors (Lipinski definition) is 3. The minimum absolute atomic E-state index is 0.000294. The lowest BCUT2D eigenvalue weighted by atomic mass is 9.89. The summed E-state index contributed by atoms with van der Waals surface area (Å²) in [5.41, 5.74) is 2.50. The van der Waals surface area contributed by atoms with E-state index in [1.165, 1.54) is 18.4 Å². The molecular formula is C22H30N4O. The topological polar surface area (TPSA) is 48.5 Å². The zero-order chi connectivity index (χ0) is 19.1. The molecule has 2 amide bonds. The van der Waals surface area contributed by atoms with Gasteiger partial charge in [-0.05, 0) is 56.0 Å². The minimum Gasteiger partial charge on any atom is -0.337 e. The van der Waals surface area contributed by atoms with Gasteiger partial charge in [-0.15, -0.1) is 0 Å². The predicted octanol–water partition coefficient (Wildman–Crippen LogP) is 3.66. The molecule has 0 spiro atoms. The molecule has 1 aromatic carbocycles. The summed E-state index contributed by atoms with van der Waals surface area (Å²) < 4.78 is 0. The number of rotatable bonds is 6. The van der Waals surface area contributed by atoms with E-state index < -0.39 is 0 Å². The van der Waals surface area contributed by atoms with E-state index in [4.69, 9.17) is 0 Å². The molecule has 5 nitrogen and oxygen atoms in total. The van der Waals surface area contributed by atoms with Crippen molar-refractivity contribution in [2.45, 2.75) is 31.7 Å². The number of carbonyl (C=O) groups excluding carboxylic acids is 1. The summed E-state index contributed by atoms with van der Waals surface area (Å²) >= 11 is 0. The van der Waals surface area contributed by atoms with Crippen molar-refractivity contribution >= 4 is 6.03 Å². The van der Waals surface area contributed by atoms with Gasteiger partial charge in [-0.3, -0.25) is 4.98 Å². The van der Waals surface area contributed by atoms with Crippen LogP contribution in [0.3, 0.4) is 0 Å². The average Bonchev–Trinajstić information content (AvgIpc) is 2.74. The van der Waals surface area contributed by atoms with E-state index in [-0.39, 0.29) is 12.1 Å². The Morgan fingerprint density at radius 1 is 1.22 bits per heavy atom. The van der Waals surface area contributed by atoms with Crippen molar-refractivity contribution in [3.8, 4) is 0 Å². The minimum atomic E-state index is -0.0366. The van der Waals surface area contributed by atoms with Crippen molar-refractivity contribution in [2.24, 2.45) is 0 Å². The summed E-state index contributed by atoms with van der Waals surface area (Å²) in [6.07, 6.45) is 5.94. The number of nitrogens with zero attached hydrogens (tertiary/aromatic N) is 3. The van der Waals surface area contributed by atoms with Gasteiger partial charge < -0.3 is 15.1 Å². The van der Waals surface area contributed by atoms with Crippen LogP contribution >= 0.6 is 0 Å². The van der Waals surface area contributed by atoms with E-state index in [1.54, 1.807) is 11.1 Å². The molecule has 0 saturated carbocycles. The van der Waals surface area contributed by atoms with Crippen molar-refractivity contribution in [1.82, 2.24) is 20.1 Å². The fraction of sp³-hybridized carbons (Fsp3) is 0.455. The van der Waals surface area contributed by atoms with Crippen LogP contribution in [0.5, 0.6) is 0 Å². The van der Waals surface area contributed by atoms with Crippen molar-refractivity contribution in [3.63, 3.8) is 0 Å². The first-order valence-corrected chi connectivity index (χ1v) is 9.83. The Morgan fingerprint density at radius 3 is 2.63 bits per heavy atom. The quantitative estimate of drug-likeness (QED) is 0.849. The smallest absolute Gasteiger partial charge is 0.317 e. The van der Waals surface area contributed by atoms with Crippen LogP contribution in [-0.2, 0) is 0 Å². The largest absolute Gasteiger partial charge is 0.337 e. The lowest BCUT2D eigenvalue weighted by Gasteiger charge is -2.32. The SMILES string of the molecule is CC(c1cccnc1)N(C)C(=O)NCCN1CCC(c2ccccc2)CC1. The van der Waals surface area contributed by atoms with Gasteiger partial charge >= 0.3 is 6.03 Å². The molecule has 144 valence electrons. The first-order chi connectivity index (χ1) is 13.1. The van der Waals surface area contributed by atoms with Gasteiger partial charge in [-0.2, -0.15) is 0 Å². The maximum atomic E-state index is 12.4. The molecule has 0 bridgehead atoms. The molecule has 1 fully saturated rings. The Labute approximate surface area is 162 Å². The van der Waals surface area contributed by atoms with Gasteiger partial charge in [0.2, 0.25) is 0 Å². The lowest BCUT2D eigenvalue weighted by Crippen LogP contribution is -2.43. The molecule has 1 atom stereocenters. The molecule has 27 heavy (non-hydrogen) atoms. The van der Waals surface area contributed by atoms with Crippen molar-refractivity contribution in [3.05, 3.63) is 66.0 Å². The van der Waals surface area contributed by atoms with Gasteiger partial charge in [0.1, 0.15) is 0 Å². The Bertz CT molecular complexity index is 699. The number of amides is 2. The summed E-state index contributed by atoms with van der Waals surface area (Å²) in [5, 5.41) is 3.05. The van der Waals surface area contributed by atoms with E-state index in [0.717, 1.165) is 25.2 Å². The molecular weight excluding hydrogens is 336 g/mol. The first-order valence-electron chi connectivity index (χ1n) is 9.83. The molecule has 1 saturated heterocycles. The Hall–Kier alpha value is -2.40. The summed E-state index contributed by atoms with van der Waals surface area (Å²) in [4.78, 5) is 20.7. The number of carbonyl (C=O) groups is 1. The van der Waals surface area contributed by atoms with Crippen molar-refractivity contribution in [2.75, 3.05) is 33.2 Å². The molecule has 0 radical (unpaired) electrons. The van der Waals surface area contributed by atoms with Crippen LogP contribution < -0.4 is 5.32 Å². The fourth-order valence-corrected chi connectivity index (χ4v) is 3.68. The second-order valence-electron chi connectivity index (χ2n) is 7.33. The van der Waals surface area contributed by atoms with Crippen LogP contribution in [-0.4, -0.2) is 54.0 Å². The predicted molar refractivity (Wildman–Crippen MR) is 109 cm³/mol. The molecule has 1 aliphatic heterocycles. The monoisotopic (exact) mass is 366 g/mol. The van der Waals surface area contributed by atoms with Gasteiger partial charge in [0.15, 0.2) is 0 Å². The Morgan fingerprint density at radius 2 is 1.96 bits per heavy atom. The zero-order valence-corrected chi connectivity index (χ0v) is 16.3. The second-order valence-corrected chi connectivity index (χ2v) is 7.33. The van der Waals surface area contributed by atoms with Gasteiger partial charge in [-0.1, -0.05) is 36.4 Å². The maximum absolute atomic E-state index is 12.4. The molecule has 1 aromatic heterocycles. The number of benzene rings is 1. The number of nitrogens with one attached hydrogen (secondary N) is 1. The molecule has 1 aliphatic rings. The highest BCUT2D eigenvalue weighted by Crippen LogP contribution is 2.27. The van der Waals surface area contributed by atoms with E-state index in [1.807, 2.05) is 32.3 Å². The van der Waals surface area contributed by atoms with Crippen LogP contribution in [0.25, 0.3) is 0 Å². The number of urea groups is 1. The zero-order valence-electron chi connectivity index (χ0n) is 16.3. The molecule has 1 unspecified atom stereocenters. The summed E-state index contributed by atoms with van der Waals surface area (Å²) in [6.45, 7) is 5.79. The first kappa shape index (κ1) is 19.4. The molecule has 0 aliphatic carbocycles. The fourth-order valence-electron chi connectivity index (χ4n) is 3.68. The molecule has 2 heterocycles. The Kier molecular flexibility index (Phi) is 6.82. The third-order valence-electron chi connectivity index (χ3n) is 5.63. The van der Waals surface area contributed by atoms with E-state index in [9.17, 15) is 4.79 Å². The summed E-state index contributed by atoms with van der Waals surface area (Å²) in [7, 11) is 1.83. The number of pyridine rings is 1. The maximum Gasteiger partial charge on any atom is 0.317 e. The van der Waals surface area contributed by atoms with E-state index >= 15 is 0 Å². The normalized spacial score (nSPS) is 16.7. The van der Waals surface area contributed by atoms with Crippen LogP contribution in [0.15, 0.2) is 54.9 Å². The van der Waals surface area contributed by atoms with Crippen LogP contribution in [0.4, 0.5) is 4.79 Å². The van der Waals surface area contributed by atoms with E-state index in [2.05, 4.69) is 45.5 Å². The summed E-state index contributed by atoms with van der Waals surface area (Å²) in [5.74, 6) is 0.670. The lowest BCUT2D eigenvalue weighted by molar-refractivity contribution is 0.185. The number of hydrogen-bond donors (Lipinski definition) is 1. The highest BCUT2D eigenvalue weighted by atomic mass is 16.2. The number of aromatic nitrogens is 1. The summed E-state index contributed by atoms with van der Waals surface area (Å²) in [6, 6.07) is 14.7. The molecule has 3 rings (SSSR count). The standard InChI is InChI=1S/C22H30N4O/c1-18(21-9-6-12-23-17-21)25(2)22(27)24-13-16-26-14-10-20(11-15-26)19-7-4-3-5-8-19/h3-9,12,17-18,20H,10-11,13-16H2,1-2H3,(H,24,27). The van der Waals surface area contributed by atoms with Crippen molar-refractivity contribution < 1.29 is 4.79 Å². The van der Waals surface area contributed by atoms with E-state index in [0.29, 0.717) is 12.5 Å². The van der Waals surface area contributed by atoms with Gasteiger partial charge in [-0.25, -0.2) is 4.79 Å². The molecule has 2 aromatic rings. The third kappa shape index (κ3) is 5.30. The van der Waals surface area contributed by atoms with Crippen LogP contribution in [0, 0.1) is 0 Å². The van der Waals surface area contributed by atoms with Gasteiger partial charge in [0, 0.05) is 32.5 Å². The second kappa shape index (κ2) is 9.51. The van der Waals surface area contributed by atoms with Gasteiger partial charge in [0.25, 0.3) is 0 Å². The number of likely N-dealkylation sites (tertiary alicyclic amines) is 1. The molecule has 1 N–H and O–H groups in total.